The molecule has 1 aliphatic rings. The predicted octanol–water partition coefficient (Wildman–Crippen LogP) is 1.56. The summed E-state index contributed by atoms with van der Waals surface area (Å²) in [6.07, 6.45) is 7.53. The van der Waals surface area contributed by atoms with Crippen molar-refractivity contribution < 1.29 is 9.90 Å². The van der Waals surface area contributed by atoms with E-state index in [1.807, 2.05) is 6.92 Å². The summed E-state index contributed by atoms with van der Waals surface area (Å²) in [6.45, 7) is 2.99. The van der Waals surface area contributed by atoms with E-state index in [1.54, 1.807) is 0 Å². The molecule has 1 atom stereocenters. The molecule has 0 aromatic rings. The van der Waals surface area contributed by atoms with Gasteiger partial charge in [0.2, 0.25) is 5.91 Å². The Kier molecular flexibility index (Phi) is 6.65. The van der Waals surface area contributed by atoms with Crippen LogP contribution in [0.2, 0.25) is 0 Å². The van der Waals surface area contributed by atoms with Crippen LogP contribution in [0.15, 0.2) is 0 Å². The monoisotopic (exact) mass is 256 g/mol. The van der Waals surface area contributed by atoms with E-state index in [1.165, 1.54) is 12.8 Å². The molecule has 0 spiro atoms. The summed E-state index contributed by atoms with van der Waals surface area (Å²) in [7, 11) is 0. The Morgan fingerprint density at radius 1 is 1.33 bits per heavy atom. The zero-order valence-corrected chi connectivity index (χ0v) is 11.6. The maximum absolute atomic E-state index is 11.8. The molecule has 0 aromatic heterocycles. The second-order valence-corrected chi connectivity index (χ2v) is 5.63. The van der Waals surface area contributed by atoms with Crippen LogP contribution in [0.4, 0.5) is 0 Å². The predicted molar refractivity (Wildman–Crippen MR) is 73.1 cm³/mol. The van der Waals surface area contributed by atoms with Crippen molar-refractivity contribution in [1.29, 1.82) is 0 Å². The molecule has 4 nitrogen and oxygen atoms in total. The zero-order valence-electron chi connectivity index (χ0n) is 11.6. The molecule has 4 heteroatoms. The maximum atomic E-state index is 11.8. The Balaban J connectivity index is 2.31. The average Bonchev–Trinajstić information content (AvgIpc) is 2.59. The average molecular weight is 256 g/mol. The molecular formula is C14H28N2O2. The number of carbonyl (C=O) groups excluding carboxylic acids is 1. The van der Waals surface area contributed by atoms with Crippen molar-refractivity contribution in [2.24, 2.45) is 11.7 Å². The van der Waals surface area contributed by atoms with Gasteiger partial charge in [-0.1, -0.05) is 39.0 Å². The van der Waals surface area contributed by atoms with Crippen molar-refractivity contribution in [3.63, 3.8) is 0 Å². The van der Waals surface area contributed by atoms with Gasteiger partial charge in [0.25, 0.3) is 0 Å². The number of carbonyl (C=O) groups is 1. The number of aliphatic hydroxyl groups is 1. The van der Waals surface area contributed by atoms with Gasteiger partial charge in [0.15, 0.2) is 0 Å². The Morgan fingerprint density at radius 3 is 2.44 bits per heavy atom. The van der Waals surface area contributed by atoms with Gasteiger partial charge in [-0.2, -0.15) is 0 Å². The highest BCUT2D eigenvalue weighted by molar-refractivity contribution is 5.76. The van der Waals surface area contributed by atoms with Gasteiger partial charge in [-0.25, -0.2) is 0 Å². The zero-order chi connectivity index (χ0) is 13.4. The number of nitrogens with one attached hydrogen (secondary N) is 1. The van der Waals surface area contributed by atoms with Gasteiger partial charge in [-0.3, -0.25) is 4.79 Å². The Morgan fingerprint density at radius 2 is 1.94 bits per heavy atom. The molecule has 0 saturated heterocycles. The summed E-state index contributed by atoms with van der Waals surface area (Å²) < 4.78 is 0. The third kappa shape index (κ3) is 5.36. The summed E-state index contributed by atoms with van der Waals surface area (Å²) in [5.41, 5.74) is 4.90. The lowest BCUT2D eigenvalue weighted by molar-refractivity contribution is -0.123. The van der Waals surface area contributed by atoms with Gasteiger partial charge < -0.3 is 16.2 Å². The largest absolute Gasteiger partial charge is 0.388 e. The molecular weight excluding hydrogens is 228 g/mol. The Hall–Kier alpha value is -0.610. The lowest BCUT2D eigenvalue weighted by atomic mass is 9.94. The molecule has 0 radical (unpaired) electrons. The summed E-state index contributed by atoms with van der Waals surface area (Å²) >= 11 is 0. The van der Waals surface area contributed by atoms with Crippen LogP contribution >= 0.6 is 0 Å². The SMILES string of the molecule is CCC(CN)CC(=O)NCC1(O)CCCCCC1. The van der Waals surface area contributed by atoms with E-state index in [9.17, 15) is 9.90 Å². The van der Waals surface area contributed by atoms with Crippen LogP contribution in [0.1, 0.15) is 58.3 Å². The van der Waals surface area contributed by atoms with Crippen LogP contribution in [-0.4, -0.2) is 29.7 Å². The molecule has 1 unspecified atom stereocenters. The topological polar surface area (TPSA) is 75.4 Å². The third-order valence-electron chi connectivity index (χ3n) is 4.03. The van der Waals surface area contributed by atoms with Crippen LogP contribution in [-0.2, 0) is 4.79 Å². The van der Waals surface area contributed by atoms with Crippen molar-refractivity contribution in [3.05, 3.63) is 0 Å². The van der Waals surface area contributed by atoms with Gasteiger partial charge in [0, 0.05) is 13.0 Å². The number of nitrogens with two attached hydrogens (primary N) is 1. The van der Waals surface area contributed by atoms with Gasteiger partial charge >= 0.3 is 0 Å². The van der Waals surface area contributed by atoms with Gasteiger partial charge in [0.05, 0.1) is 5.60 Å². The van der Waals surface area contributed by atoms with Crippen molar-refractivity contribution in [3.8, 4) is 0 Å². The number of amides is 1. The van der Waals surface area contributed by atoms with Gasteiger partial charge in [-0.05, 0) is 25.3 Å². The minimum absolute atomic E-state index is 0.0185. The highest BCUT2D eigenvalue weighted by Gasteiger charge is 2.28. The van der Waals surface area contributed by atoms with E-state index in [-0.39, 0.29) is 11.8 Å². The van der Waals surface area contributed by atoms with Crippen molar-refractivity contribution in [2.45, 2.75) is 63.9 Å². The molecule has 1 aliphatic carbocycles. The van der Waals surface area contributed by atoms with E-state index in [0.717, 1.165) is 32.1 Å². The lowest BCUT2D eigenvalue weighted by Crippen LogP contribution is -2.43. The fraction of sp³-hybridized carbons (Fsp3) is 0.929. The molecule has 0 aliphatic heterocycles. The number of rotatable bonds is 6. The van der Waals surface area contributed by atoms with E-state index < -0.39 is 5.60 Å². The molecule has 106 valence electrons. The Bertz CT molecular complexity index is 244. The molecule has 0 aromatic carbocycles. The van der Waals surface area contributed by atoms with E-state index >= 15 is 0 Å². The summed E-state index contributed by atoms with van der Waals surface area (Å²) in [5.74, 6) is 0.277. The first kappa shape index (κ1) is 15.4. The molecule has 0 heterocycles. The second kappa shape index (κ2) is 7.74. The van der Waals surface area contributed by atoms with Crippen LogP contribution in [0.5, 0.6) is 0 Å². The first-order valence-electron chi connectivity index (χ1n) is 7.29. The molecule has 1 fully saturated rings. The van der Waals surface area contributed by atoms with Crippen LogP contribution in [0, 0.1) is 5.92 Å². The van der Waals surface area contributed by atoms with E-state index in [4.69, 9.17) is 5.73 Å². The normalized spacial score (nSPS) is 21.1. The minimum Gasteiger partial charge on any atom is -0.388 e. The summed E-state index contributed by atoms with van der Waals surface area (Å²) in [6, 6.07) is 0. The highest BCUT2D eigenvalue weighted by Crippen LogP contribution is 2.26. The van der Waals surface area contributed by atoms with E-state index in [2.05, 4.69) is 5.32 Å². The standard InChI is InChI=1S/C14H28N2O2/c1-2-12(10-15)9-13(17)16-11-14(18)7-5-3-4-6-8-14/h12,18H,2-11,15H2,1H3,(H,16,17). The molecule has 0 bridgehead atoms. The lowest BCUT2D eigenvalue weighted by Gasteiger charge is -2.27. The minimum atomic E-state index is -0.684. The molecule has 4 N–H and O–H groups in total. The van der Waals surface area contributed by atoms with E-state index in [0.29, 0.717) is 19.5 Å². The quantitative estimate of drug-likeness (QED) is 0.631. The van der Waals surface area contributed by atoms with Crippen LogP contribution < -0.4 is 11.1 Å². The third-order valence-corrected chi connectivity index (χ3v) is 4.03. The fourth-order valence-electron chi connectivity index (χ4n) is 2.56. The summed E-state index contributed by atoms with van der Waals surface area (Å²) in [5, 5.41) is 13.3. The number of hydrogen-bond donors (Lipinski definition) is 3. The maximum Gasteiger partial charge on any atom is 0.220 e. The second-order valence-electron chi connectivity index (χ2n) is 5.63. The van der Waals surface area contributed by atoms with Gasteiger partial charge in [-0.15, -0.1) is 0 Å². The smallest absolute Gasteiger partial charge is 0.220 e. The van der Waals surface area contributed by atoms with Crippen molar-refractivity contribution in [1.82, 2.24) is 5.32 Å². The van der Waals surface area contributed by atoms with Crippen LogP contribution in [0.3, 0.4) is 0 Å². The molecule has 1 saturated carbocycles. The summed E-state index contributed by atoms with van der Waals surface area (Å²) in [4.78, 5) is 11.8. The molecule has 1 amide bonds. The highest BCUT2D eigenvalue weighted by atomic mass is 16.3. The molecule has 18 heavy (non-hydrogen) atoms. The fourth-order valence-corrected chi connectivity index (χ4v) is 2.56. The number of hydrogen-bond acceptors (Lipinski definition) is 3. The van der Waals surface area contributed by atoms with Crippen molar-refractivity contribution in [2.75, 3.05) is 13.1 Å². The first-order chi connectivity index (χ1) is 8.59. The first-order valence-corrected chi connectivity index (χ1v) is 7.29. The van der Waals surface area contributed by atoms with Crippen molar-refractivity contribution >= 4 is 5.91 Å². The Labute approximate surface area is 110 Å². The van der Waals surface area contributed by atoms with Crippen LogP contribution in [0.25, 0.3) is 0 Å². The van der Waals surface area contributed by atoms with Gasteiger partial charge in [0.1, 0.15) is 0 Å². The molecule has 1 rings (SSSR count).